The van der Waals surface area contributed by atoms with Gasteiger partial charge in [0, 0.05) is 21.9 Å². The minimum atomic E-state index is -0.218. The molecule has 3 rings (SSSR count). The molecule has 26 heavy (non-hydrogen) atoms. The largest absolute Gasteiger partial charge is 0.483 e. The van der Waals surface area contributed by atoms with Gasteiger partial charge in [-0.2, -0.15) is 0 Å². The van der Waals surface area contributed by atoms with E-state index in [4.69, 9.17) is 4.74 Å². The number of carbonyl (C=O) groups excluding carboxylic acids is 1. The molecule has 0 unspecified atom stereocenters. The quantitative estimate of drug-likeness (QED) is 0.568. The van der Waals surface area contributed by atoms with Crippen molar-refractivity contribution in [2.24, 2.45) is 4.99 Å². The fourth-order valence-electron chi connectivity index (χ4n) is 2.27. The molecule has 1 N–H and O–H groups in total. The van der Waals surface area contributed by atoms with Crippen LogP contribution in [0.15, 0.2) is 88.3 Å². The monoisotopic (exact) mass is 408 g/mol. The number of amides is 1. The Kier molecular flexibility index (Phi) is 6.17. The van der Waals surface area contributed by atoms with Gasteiger partial charge in [-0.1, -0.05) is 52.3 Å². The highest BCUT2D eigenvalue weighted by molar-refractivity contribution is 9.10. The van der Waals surface area contributed by atoms with Crippen LogP contribution in [0.5, 0.6) is 5.75 Å². The molecule has 0 aromatic heterocycles. The summed E-state index contributed by atoms with van der Waals surface area (Å²) in [7, 11) is 0. The van der Waals surface area contributed by atoms with Crippen molar-refractivity contribution in [1.29, 1.82) is 0 Å². The molecule has 0 saturated carbocycles. The first-order valence-corrected chi connectivity index (χ1v) is 8.86. The highest BCUT2D eigenvalue weighted by Crippen LogP contribution is 2.23. The van der Waals surface area contributed by atoms with Gasteiger partial charge >= 0.3 is 0 Å². The molecule has 5 heteroatoms. The molecule has 0 spiro atoms. The van der Waals surface area contributed by atoms with Crippen molar-refractivity contribution in [3.05, 3.63) is 88.9 Å². The normalized spacial score (nSPS) is 10.7. The maximum absolute atomic E-state index is 12.1. The van der Waals surface area contributed by atoms with Crippen LogP contribution in [0.3, 0.4) is 0 Å². The number of nitrogens with one attached hydrogen (secondary N) is 1. The van der Waals surface area contributed by atoms with Crippen molar-refractivity contribution in [3.8, 4) is 5.75 Å². The van der Waals surface area contributed by atoms with Crippen molar-refractivity contribution in [3.63, 3.8) is 0 Å². The van der Waals surface area contributed by atoms with E-state index in [1.165, 1.54) is 0 Å². The average Bonchev–Trinajstić information content (AvgIpc) is 2.67. The van der Waals surface area contributed by atoms with E-state index in [9.17, 15) is 4.79 Å². The third-order valence-electron chi connectivity index (χ3n) is 3.50. The zero-order valence-electron chi connectivity index (χ0n) is 13.9. The summed E-state index contributed by atoms with van der Waals surface area (Å²) in [6, 6.07) is 24.5. The van der Waals surface area contributed by atoms with E-state index in [1.54, 1.807) is 6.21 Å². The van der Waals surface area contributed by atoms with Crippen LogP contribution in [0.2, 0.25) is 0 Å². The molecule has 3 aromatic carbocycles. The summed E-state index contributed by atoms with van der Waals surface area (Å²) in [5.41, 5.74) is 2.37. The van der Waals surface area contributed by atoms with Gasteiger partial charge in [0.2, 0.25) is 0 Å². The van der Waals surface area contributed by atoms with E-state index in [-0.39, 0.29) is 12.5 Å². The maximum Gasteiger partial charge on any atom is 0.262 e. The van der Waals surface area contributed by atoms with E-state index < -0.39 is 0 Å². The van der Waals surface area contributed by atoms with Gasteiger partial charge in [0.15, 0.2) is 6.61 Å². The predicted molar refractivity (Wildman–Crippen MR) is 108 cm³/mol. The molecule has 4 nitrogen and oxygen atoms in total. The predicted octanol–water partition coefficient (Wildman–Crippen LogP) is 5.22. The first kappa shape index (κ1) is 17.9. The first-order valence-electron chi connectivity index (χ1n) is 8.07. The zero-order valence-corrected chi connectivity index (χ0v) is 15.5. The van der Waals surface area contributed by atoms with Gasteiger partial charge in [-0.15, -0.1) is 0 Å². The Balaban J connectivity index is 1.67. The number of ether oxygens (including phenoxy) is 1. The Labute approximate surface area is 160 Å². The van der Waals surface area contributed by atoms with Gasteiger partial charge in [-0.25, -0.2) is 0 Å². The minimum absolute atomic E-state index is 0.0807. The van der Waals surface area contributed by atoms with Crippen molar-refractivity contribution < 1.29 is 9.53 Å². The smallest absolute Gasteiger partial charge is 0.262 e. The summed E-state index contributed by atoms with van der Waals surface area (Å²) >= 11 is 3.45. The van der Waals surface area contributed by atoms with Gasteiger partial charge in [0.25, 0.3) is 5.91 Å². The second kappa shape index (κ2) is 8.97. The van der Waals surface area contributed by atoms with Crippen LogP contribution < -0.4 is 10.1 Å². The Bertz CT molecular complexity index is 896. The number of aliphatic imine (C=N–C) groups is 1. The SMILES string of the molecule is O=C(COc1ccc(Br)cc1C=Nc1ccccc1)Nc1ccccc1. The molecule has 0 atom stereocenters. The standard InChI is InChI=1S/C21H17BrN2O2/c22-17-11-12-20(16(13-17)14-23-18-7-3-1-4-8-18)26-15-21(25)24-19-9-5-2-6-10-19/h1-14H,15H2,(H,24,25). The number of halogens is 1. The highest BCUT2D eigenvalue weighted by atomic mass is 79.9. The maximum atomic E-state index is 12.1. The fraction of sp³-hybridized carbons (Fsp3) is 0.0476. The summed E-state index contributed by atoms with van der Waals surface area (Å²) in [5, 5.41) is 2.79. The van der Waals surface area contributed by atoms with Crippen LogP contribution in [0.1, 0.15) is 5.56 Å². The fourth-order valence-corrected chi connectivity index (χ4v) is 2.65. The highest BCUT2D eigenvalue weighted by Gasteiger charge is 2.07. The van der Waals surface area contributed by atoms with Gasteiger partial charge < -0.3 is 10.1 Å². The Morgan fingerprint density at radius 1 is 1.00 bits per heavy atom. The van der Waals surface area contributed by atoms with E-state index >= 15 is 0 Å². The molecule has 0 aliphatic carbocycles. The van der Waals surface area contributed by atoms with Crippen LogP contribution in [0.25, 0.3) is 0 Å². The lowest BCUT2D eigenvalue weighted by Gasteiger charge is -2.10. The second-order valence-electron chi connectivity index (χ2n) is 5.48. The van der Waals surface area contributed by atoms with Gasteiger partial charge in [0.05, 0.1) is 5.69 Å². The molecule has 0 fully saturated rings. The third kappa shape index (κ3) is 5.29. The number of rotatable bonds is 6. The lowest BCUT2D eigenvalue weighted by atomic mass is 10.2. The van der Waals surface area contributed by atoms with Crippen molar-refractivity contribution in [1.82, 2.24) is 0 Å². The Morgan fingerprint density at radius 2 is 1.69 bits per heavy atom. The van der Waals surface area contributed by atoms with Crippen molar-refractivity contribution >= 4 is 39.4 Å². The van der Waals surface area contributed by atoms with Crippen molar-refractivity contribution in [2.75, 3.05) is 11.9 Å². The number of nitrogens with zero attached hydrogens (tertiary/aromatic N) is 1. The molecule has 0 heterocycles. The Morgan fingerprint density at radius 3 is 2.42 bits per heavy atom. The first-order chi connectivity index (χ1) is 12.7. The number of hydrogen-bond donors (Lipinski definition) is 1. The molecule has 0 aliphatic heterocycles. The van der Waals surface area contributed by atoms with Crippen molar-refractivity contribution in [2.45, 2.75) is 0 Å². The van der Waals surface area contributed by atoms with Crippen LogP contribution in [0, 0.1) is 0 Å². The molecule has 0 aliphatic rings. The van der Waals surface area contributed by atoms with Crippen LogP contribution in [-0.2, 0) is 4.79 Å². The van der Waals surface area contributed by atoms with E-state index in [1.807, 2.05) is 78.9 Å². The summed E-state index contributed by atoms with van der Waals surface area (Å²) in [4.78, 5) is 16.5. The average molecular weight is 409 g/mol. The molecule has 1 amide bonds. The molecule has 3 aromatic rings. The van der Waals surface area contributed by atoms with Crippen LogP contribution >= 0.6 is 15.9 Å². The lowest BCUT2D eigenvalue weighted by molar-refractivity contribution is -0.118. The number of benzene rings is 3. The molecule has 0 bridgehead atoms. The third-order valence-corrected chi connectivity index (χ3v) is 3.99. The number of anilines is 1. The van der Waals surface area contributed by atoms with E-state index in [0.717, 1.165) is 21.4 Å². The zero-order chi connectivity index (χ0) is 18.2. The molecule has 130 valence electrons. The number of hydrogen-bond acceptors (Lipinski definition) is 3. The topological polar surface area (TPSA) is 50.7 Å². The summed E-state index contributed by atoms with van der Waals surface area (Å²) in [5.74, 6) is 0.376. The van der Waals surface area contributed by atoms with Gasteiger partial charge in [-0.3, -0.25) is 9.79 Å². The number of carbonyl (C=O) groups is 1. The molecule has 0 saturated heterocycles. The van der Waals surface area contributed by atoms with E-state index in [2.05, 4.69) is 26.2 Å². The van der Waals surface area contributed by atoms with Gasteiger partial charge in [0.1, 0.15) is 5.75 Å². The molecular formula is C21H17BrN2O2. The van der Waals surface area contributed by atoms with Crippen LogP contribution in [0.4, 0.5) is 11.4 Å². The second-order valence-corrected chi connectivity index (χ2v) is 6.39. The minimum Gasteiger partial charge on any atom is -0.483 e. The summed E-state index contributed by atoms with van der Waals surface area (Å²) in [6.07, 6.45) is 1.73. The van der Waals surface area contributed by atoms with Crippen LogP contribution in [-0.4, -0.2) is 18.7 Å². The van der Waals surface area contributed by atoms with E-state index in [0.29, 0.717) is 5.75 Å². The molecular weight excluding hydrogens is 392 g/mol. The molecule has 0 radical (unpaired) electrons. The Hall–Kier alpha value is -2.92. The summed E-state index contributed by atoms with van der Waals surface area (Å²) < 4.78 is 6.60. The lowest BCUT2D eigenvalue weighted by Crippen LogP contribution is -2.20. The number of para-hydroxylation sites is 2. The van der Waals surface area contributed by atoms with Gasteiger partial charge in [-0.05, 0) is 42.5 Å². The summed E-state index contributed by atoms with van der Waals surface area (Å²) in [6.45, 7) is -0.0807.